The van der Waals surface area contributed by atoms with E-state index in [0.29, 0.717) is 0 Å². The molecule has 0 aromatic carbocycles. The summed E-state index contributed by atoms with van der Waals surface area (Å²) < 4.78 is 24.7. The molecule has 2 N–H and O–H groups in total. The van der Waals surface area contributed by atoms with Crippen molar-refractivity contribution in [1.82, 2.24) is 5.32 Å². The molecule has 62 valence electrons. The van der Waals surface area contributed by atoms with Gasteiger partial charge in [-0.15, -0.1) is 0 Å². The number of nitrogens with one attached hydrogen (secondary N) is 1. The van der Waals surface area contributed by atoms with E-state index < -0.39 is 18.4 Å². The second-order valence-electron chi connectivity index (χ2n) is 2.39. The predicted molar refractivity (Wildman–Crippen MR) is 35.1 cm³/mol. The van der Waals surface area contributed by atoms with Crippen LogP contribution >= 0.6 is 0 Å². The SMILES string of the molecule is CNCC(CO)C(C)(F)F. The minimum Gasteiger partial charge on any atom is -0.396 e. The molecule has 4 heteroatoms. The van der Waals surface area contributed by atoms with Crippen LogP contribution in [0.4, 0.5) is 8.78 Å². The van der Waals surface area contributed by atoms with E-state index in [2.05, 4.69) is 5.32 Å². The van der Waals surface area contributed by atoms with Gasteiger partial charge in [0.1, 0.15) is 0 Å². The molecule has 0 heterocycles. The van der Waals surface area contributed by atoms with Crippen molar-refractivity contribution in [3.05, 3.63) is 0 Å². The van der Waals surface area contributed by atoms with E-state index in [4.69, 9.17) is 5.11 Å². The number of alkyl halides is 2. The number of rotatable bonds is 4. The Kier molecular flexibility index (Phi) is 3.75. The summed E-state index contributed by atoms with van der Waals surface area (Å²) in [6, 6.07) is 0. The molecule has 0 amide bonds. The number of hydrogen-bond acceptors (Lipinski definition) is 2. The van der Waals surface area contributed by atoms with Crippen molar-refractivity contribution < 1.29 is 13.9 Å². The number of halogens is 2. The molecule has 0 aliphatic heterocycles. The minimum absolute atomic E-state index is 0.139. The molecule has 10 heavy (non-hydrogen) atoms. The van der Waals surface area contributed by atoms with Gasteiger partial charge in [0.15, 0.2) is 0 Å². The lowest BCUT2D eigenvalue weighted by atomic mass is 10.0. The maximum Gasteiger partial charge on any atom is 0.251 e. The lowest BCUT2D eigenvalue weighted by Gasteiger charge is -2.20. The van der Waals surface area contributed by atoms with Crippen LogP contribution in [0.25, 0.3) is 0 Å². The highest BCUT2D eigenvalue weighted by molar-refractivity contribution is 4.72. The topological polar surface area (TPSA) is 32.3 Å². The molecule has 0 fully saturated rings. The van der Waals surface area contributed by atoms with E-state index in [1.54, 1.807) is 7.05 Å². The van der Waals surface area contributed by atoms with E-state index in [0.717, 1.165) is 6.92 Å². The lowest BCUT2D eigenvalue weighted by molar-refractivity contribution is -0.0573. The van der Waals surface area contributed by atoms with Crippen molar-refractivity contribution >= 4 is 0 Å². The second kappa shape index (κ2) is 3.83. The Hall–Kier alpha value is -0.220. The summed E-state index contributed by atoms with van der Waals surface area (Å²) in [5.74, 6) is -3.77. The molecule has 0 aromatic rings. The van der Waals surface area contributed by atoms with Crippen LogP contribution in [-0.4, -0.2) is 31.2 Å². The Morgan fingerprint density at radius 1 is 1.60 bits per heavy atom. The van der Waals surface area contributed by atoms with Crippen LogP contribution in [0.3, 0.4) is 0 Å². The third-order valence-electron chi connectivity index (χ3n) is 1.39. The average Bonchev–Trinajstić information content (AvgIpc) is 1.80. The van der Waals surface area contributed by atoms with E-state index in [1.807, 2.05) is 0 Å². The minimum atomic E-state index is -2.79. The van der Waals surface area contributed by atoms with Crippen LogP contribution < -0.4 is 5.32 Å². The van der Waals surface area contributed by atoms with Gasteiger partial charge in [0.05, 0.1) is 12.5 Å². The molecule has 1 unspecified atom stereocenters. The molecule has 0 saturated carbocycles. The molecular formula is C6H13F2NO. The van der Waals surface area contributed by atoms with Crippen LogP contribution in [0.1, 0.15) is 6.92 Å². The van der Waals surface area contributed by atoms with Gasteiger partial charge < -0.3 is 10.4 Å². The Morgan fingerprint density at radius 2 is 2.10 bits per heavy atom. The normalized spacial score (nSPS) is 15.3. The predicted octanol–water partition coefficient (Wildman–Crippen LogP) is 0.470. The van der Waals surface area contributed by atoms with E-state index in [-0.39, 0.29) is 6.54 Å². The molecule has 0 spiro atoms. The fraction of sp³-hybridized carbons (Fsp3) is 1.00. The first-order valence-corrected chi connectivity index (χ1v) is 3.15. The van der Waals surface area contributed by atoms with Crippen molar-refractivity contribution in [3.8, 4) is 0 Å². The highest BCUT2D eigenvalue weighted by Gasteiger charge is 2.32. The molecule has 0 aliphatic carbocycles. The first kappa shape index (κ1) is 9.78. The van der Waals surface area contributed by atoms with Crippen LogP contribution in [0, 0.1) is 5.92 Å². The Bertz CT molecular complexity index is 92.2. The average molecular weight is 153 g/mol. The van der Waals surface area contributed by atoms with Crippen LogP contribution in [-0.2, 0) is 0 Å². The molecule has 2 nitrogen and oxygen atoms in total. The first-order valence-electron chi connectivity index (χ1n) is 3.15. The van der Waals surface area contributed by atoms with Gasteiger partial charge in [-0.2, -0.15) is 0 Å². The van der Waals surface area contributed by atoms with Crippen molar-refractivity contribution in [3.63, 3.8) is 0 Å². The second-order valence-corrected chi connectivity index (χ2v) is 2.39. The standard InChI is InChI=1S/C6H13F2NO/c1-6(7,8)5(4-10)3-9-2/h5,9-10H,3-4H2,1-2H3. The van der Waals surface area contributed by atoms with Crippen molar-refractivity contribution in [2.45, 2.75) is 12.8 Å². The maximum absolute atomic E-state index is 12.4. The van der Waals surface area contributed by atoms with Crippen LogP contribution in [0.5, 0.6) is 0 Å². The Morgan fingerprint density at radius 3 is 2.20 bits per heavy atom. The van der Waals surface area contributed by atoms with Crippen molar-refractivity contribution in [2.24, 2.45) is 5.92 Å². The third kappa shape index (κ3) is 3.08. The van der Waals surface area contributed by atoms with Crippen molar-refractivity contribution in [1.29, 1.82) is 0 Å². The molecule has 1 atom stereocenters. The number of aliphatic hydroxyl groups is 1. The Labute approximate surface area is 59.2 Å². The zero-order chi connectivity index (χ0) is 8.20. The largest absolute Gasteiger partial charge is 0.396 e. The monoisotopic (exact) mass is 153 g/mol. The van der Waals surface area contributed by atoms with E-state index in [1.165, 1.54) is 0 Å². The quantitative estimate of drug-likeness (QED) is 0.615. The summed E-state index contributed by atoms with van der Waals surface area (Å²) in [6.45, 7) is 0.468. The molecule has 0 aromatic heterocycles. The van der Waals surface area contributed by atoms with Crippen LogP contribution in [0.2, 0.25) is 0 Å². The third-order valence-corrected chi connectivity index (χ3v) is 1.39. The number of hydrogen-bond donors (Lipinski definition) is 2. The lowest BCUT2D eigenvalue weighted by Crippen LogP contribution is -2.35. The van der Waals surface area contributed by atoms with Gasteiger partial charge in [0, 0.05) is 6.54 Å². The van der Waals surface area contributed by atoms with Gasteiger partial charge in [-0.3, -0.25) is 0 Å². The summed E-state index contributed by atoms with van der Waals surface area (Å²) in [7, 11) is 1.58. The summed E-state index contributed by atoms with van der Waals surface area (Å²) in [4.78, 5) is 0. The highest BCUT2D eigenvalue weighted by Crippen LogP contribution is 2.22. The van der Waals surface area contributed by atoms with Crippen molar-refractivity contribution in [2.75, 3.05) is 20.2 Å². The Balaban J connectivity index is 3.81. The summed E-state index contributed by atoms with van der Waals surface area (Å²) >= 11 is 0. The molecule has 0 saturated heterocycles. The highest BCUT2D eigenvalue weighted by atomic mass is 19.3. The fourth-order valence-corrected chi connectivity index (χ4v) is 0.650. The van der Waals surface area contributed by atoms with Gasteiger partial charge in [-0.25, -0.2) is 8.78 Å². The molecule has 0 bridgehead atoms. The fourth-order valence-electron chi connectivity index (χ4n) is 0.650. The zero-order valence-electron chi connectivity index (χ0n) is 6.19. The molecule has 0 aliphatic rings. The number of aliphatic hydroxyl groups excluding tert-OH is 1. The molecule has 0 radical (unpaired) electrons. The van der Waals surface area contributed by atoms with Gasteiger partial charge >= 0.3 is 0 Å². The maximum atomic E-state index is 12.4. The molecule has 0 rings (SSSR count). The first-order chi connectivity index (χ1) is 4.52. The smallest absolute Gasteiger partial charge is 0.251 e. The van der Waals surface area contributed by atoms with Gasteiger partial charge in [0.2, 0.25) is 0 Å². The van der Waals surface area contributed by atoms with Gasteiger partial charge in [-0.1, -0.05) is 0 Å². The van der Waals surface area contributed by atoms with Crippen LogP contribution in [0.15, 0.2) is 0 Å². The zero-order valence-corrected chi connectivity index (χ0v) is 6.19. The van der Waals surface area contributed by atoms with Gasteiger partial charge in [0.25, 0.3) is 5.92 Å². The van der Waals surface area contributed by atoms with E-state index >= 15 is 0 Å². The van der Waals surface area contributed by atoms with E-state index in [9.17, 15) is 8.78 Å². The summed E-state index contributed by atoms with van der Waals surface area (Å²) in [5, 5.41) is 11.1. The van der Waals surface area contributed by atoms with Gasteiger partial charge in [-0.05, 0) is 14.0 Å². The molecular weight excluding hydrogens is 140 g/mol. The summed E-state index contributed by atoms with van der Waals surface area (Å²) in [5.41, 5.74) is 0. The summed E-state index contributed by atoms with van der Waals surface area (Å²) in [6.07, 6.45) is 0.